The predicted molar refractivity (Wildman–Crippen MR) is 85.9 cm³/mol. The lowest BCUT2D eigenvalue weighted by molar-refractivity contribution is 0.356. The van der Waals surface area contributed by atoms with E-state index in [4.69, 9.17) is 21.1 Å². The van der Waals surface area contributed by atoms with Gasteiger partial charge in [-0.1, -0.05) is 0 Å². The van der Waals surface area contributed by atoms with E-state index in [1.54, 1.807) is 14.2 Å². The van der Waals surface area contributed by atoms with Crippen molar-refractivity contribution in [2.75, 3.05) is 38.1 Å². The van der Waals surface area contributed by atoms with Gasteiger partial charge in [-0.15, -0.1) is 11.6 Å². The van der Waals surface area contributed by atoms with Crippen molar-refractivity contribution in [1.82, 2.24) is 4.98 Å². The summed E-state index contributed by atoms with van der Waals surface area (Å²) in [4.78, 5) is 6.88. The van der Waals surface area contributed by atoms with Crippen molar-refractivity contribution >= 4 is 28.2 Å². The summed E-state index contributed by atoms with van der Waals surface area (Å²) in [6.07, 6.45) is 2.96. The van der Waals surface area contributed by atoms with Gasteiger partial charge in [0.2, 0.25) is 0 Å². The van der Waals surface area contributed by atoms with E-state index in [2.05, 4.69) is 9.88 Å². The van der Waals surface area contributed by atoms with Crippen molar-refractivity contribution in [3.8, 4) is 11.5 Å². The highest BCUT2D eigenvalue weighted by Crippen LogP contribution is 2.36. The van der Waals surface area contributed by atoms with E-state index < -0.39 is 0 Å². The third-order valence-corrected chi connectivity index (χ3v) is 4.49. The SMILES string of the molecule is COc1cc2ccnc(N3CCC(CCl)C3)c2cc1OC. The number of methoxy groups -OCH3 is 2. The Labute approximate surface area is 129 Å². The van der Waals surface area contributed by atoms with Gasteiger partial charge in [-0.25, -0.2) is 4.98 Å². The van der Waals surface area contributed by atoms with Crippen LogP contribution in [0, 0.1) is 5.92 Å². The number of hydrogen-bond acceptors (Lipinski definition) is 4. The summed E-state index contributed by atoms with van der Waals surface area (Å²) >= 11 is 5.98. The third kappa shape index (κ3) is 2.60. The molecule has 5 heteroatoms. The van der Waals surface area contributed by atoms with Crippen LogP contribution in [0.25, 0.3) is 10.8 Å². The largest absolute Gasteiger partial charge is 0.493 e. The molecule has 2 heterocycles. The molecule has 1 saturated heterocycles. The fourth-order valence-electron chi connectivity index (χ4n) is 2.89. The minimum atomic E-state index is 0.545. The summed E-state index contributed by atoms with van der Waals surface area (Å²) in [6, 6.07) is 5.99. The van der Waals surface area contributed by atoms with Gasteiger partial charge in [0.15, 0.2) is 11.5 Å². The zero-order valence-electron chi connectivity index (χ0n) is 12.3. The third-order valence-electron chi connectivity index (χ3n) is 4.05. The summed E-state index contributed by atoms with van der Waals surface area (Å²) in [5.74, 6) is 3.72. The average Bonchev–Trinajstić information content (AvgIpc) is 3.01. The molecule has 0 spiro atoms. The highest BCUT2D eigenvalue weighted by Gasteiger charge is 2.24. The van der Waals surface area contributed by atoms with E-state index in [1.807, 2.05) is 24.4 Å². The lowest BCUT2D eigenvalue weighted by atomic mass is 10.1. The molecule has 0 N–H and O–H groups in total. The standard InChI is InChI=1S/C16H19ClN2O2/c1-20-14-7-12-3-5-18-16(13(12)8-15(14)21-2)19-6-4-11(9-17)10-19/h3,5,7-8,11H,4,6,9-10H2,1-2H3. The van der Waals surface area contributed by atoms with Gasteiger partial charge in [0.25, 0.3) is 0 Å². The first-order valence-corrected chi connectivity index (χ1v) is 7.62. The predicted octanol–water partition coefficient (Wildman–Crippen LogP) is 3.32. The van der Waals surface area contributed by atoms with E-state index >= 15 is 0 Å². The molecule has 1 fully saturated rings. The zero-order chi connectivity index (χ0) is 14.8. The molecule has 1 unspecified atom stereocenters. The quantitative estimate of drug-likeness (QED) is 0.812. The number of pyridine rings is 1. The number of ether oxygens (including phenoxy) is 2. The maximum atomic E-state index is 5.98. The van der Waals surface area contributed by atoms with Crippen LogP contribution in [-0.2, 0) is 0 Å². The second kappa shape index (κ2) is 5.98. The van der Waals surface area contributed by atoms with Crippen molar-refractivity contribution in [3.05, 3.63) is 24.4 Å². The number of nitrogens with zero attached hydrogens (tertiary/aromatic N) is 2. The van der Waals surface area contributed by atoms with E-state index in [9.17, 15) is 0 Å². The van der Waals surface area contributed by atoms with Crippen LogP contribution in [0.4, 0.5) is 5.82 Å². The molecule has 2 aromatic rings. The molecular weight excluding hydrogens is 288 g/mol. The number of fused-ring (bicyclic) bond motifs is 1. The Morgan fingerprint density at radius 2 is 2.05 bits per heavy atom. The van der Waals surface area contributed by atoms with Crippen LogP contribution in [0.2, 0.25) is 0 Å². The highest BCUT2D eigenvalue weighted by atomic mass is 35.5. The highest BCUT2D eigenvalue weighted by molar-refractivity contribution is 6.18. The molecule has 1 aliphatic heterocycles. The van der Waals surface area contributed by atoms with Crippen molar-refractivity contribution in [1.29, 1.82) is 0 Å². The number of halogens is 1. The normalized spacial score (nSPS) is 18.2. The number of anilines is 1. The lowest BCUT2D eigenvalue weighted by Gasteiger charge is -2.20. The van der Waals surface area contributed by atoms with Crippen LogP contribution in [0.1, 0.15) is 6.42 Å². The number of alkyl halides is 1. The van der Waals surface area contributed by atoms with Gasteiger partial charge in [0.1, 0.15) is 5.82 Å². The summed E-state index contributed by atoms with van der Waals surface area (Å²) in [5, 5.41) is 2.19. The second-order valence-electron chi connectivity index (χ2n) is 5.32. The van der Waals surface area contributed by atoms with E-state index in [1.165, 1.54) is 0 Å². The van der Waals surface area contributed by atoms with Crippen molar-refractivity contribution < 1.29 is 9.47 Å². The molecule has 21 heavy (non-hydrogen) atoms. The van der Waals surface area contributed by atoms with Crippen molar-refractivity contribution in [3.63, 3.8) is 0 Å². The Balaban J connectivity index is 2.07. The first-order valence-electron chi connectivity index (χ1n) is 7.08. The zero-order valence-corrected chi connectivity index (χ0v) is 13.1. The van der Waals surface area contributed by atoms with Gasteiger partial charge >= 0.3 is 0 Å². The van der Waals surface area contributed by atoms with Crippen LogP contribution in [0.3, 0.4) is 0 Å². The topological polar surface area (TPSA) is 34.6 Å². The number of aromatic nitrogens is 1. The van der Waals surface area contributed by atoms with Crippen LogP contribution >= 0.6 is 11.6 Å². The van der Waals surface area contributed by atoms with Gasteiger partial charge in [-0.05, 0) is 35.9 Å². The van der Waals surface area contributed by atoms with Gasteiger partial charge in [-0.3, -0.25) is 0 Å². The Kier molecular flexibility index (Phi) is 4.06. The summed E-state index contributed by atoms with van der Waals surface area (Å²) in [7, 11) is 3.30. The van der Waals surface area contributed by atoms with Crippen LogP contribution in [0.15, 0.2) is 24.4 Å². The first kappa shape index (κ1) is 14.3. The minimum absolute atomic E-state index is 0.545. The molecule has 3 rings (SSSR count). The molecule has 0 amide bonds. The van der Waals surface area contributed by atoms with Crippen molar-refractivity contribution in [2.45, 2.75) is 6.42 Å². The molecule has 0 radical (unpaired) electrons. The summed E-state index contributed by atoms with van der Waals surface area (Å²) in [6.45, 7) is 1.96. The van der Waals surface area contributed by atoms with Crippen LogP contribution in [0.5, 0.6) is 11.5 Å². The molecule has 0 bridgehead atoms. The van der Waals surface area contributed by atoms with Crippen LogP contribution < -0.4 is 14.4 Å². The van der Waals surface area contributed by atoms with Gasteiger partial charge in [0.05, 0.1) is 14.2 Å². The molecule has 1 aromatic heterocycles. The van der Waals surface area contributed by atoms with Crippen molar-refractivity contribution in [2.24, 2.45) is 5.92 Å². The number of rotatable bonds is 4. The molecule has 0 aliphatic carbocycles. The van der Waals surface area contributed by atoms with Gasteiger partial charge in [0, 0.05) is 30.6 Å². The summed E-state index contributed by atoms with van der Waals surface area (Å²) in [5.41, 5.74) is 0. The fraction of sp³-hybridized carbons (Fsp3) is 0.438. The molecule has 1 atom stereocenters. The Bertz CT molecular complexity index is 647. The molecule has 1 aromatic carbocycles. The Morgan fingerprint density at radius 1 is 1.29 bits per heavy atom. The number of hydrogen-bond donors (Lipinski definition) is 0. The second-order valence-corrected chi connectivity index (χ2v) is 5.63. The Morgan fingerprint density at radius 3 is 2.71 bits per heavy atom. The fourth-order valence-corrected chi connectivity index (χ4v) is 3.14. The van der Waals surface area contributed by atoms with E-state index in [0.717, 1.165) is 47.6 Å². The first-order chi connectivity index (χ1) is 10.3. The molecule has 4 nitrogen and oxygen atoms in total. The minimum Gasteiger partial charge on any atom is -0.493 e. The van der Waals surface area contributed by atoms with Crippen LogP contribution in [-0.4, -0.2) is 38.2 Å². The lowest BCUT2D eigenvalue weighted by Crippen LogP contribution is -2.21. The number of benzene rings is 1. The monoisotopic (exact) mass is 306 g/mol. The smallest absolute Gasteiger partial charge is 0.161 e. The average molecular weight is 307 g/mol. The maximum Gasteiger partial charge on any atom is 0.161 e. The molecule has 112 valence electrons. The maximum absolute atomic E-state index is 5.98. The Hall–Kier alpha value is -1.68. The van der Waals surface area contributed by atoms with Gasteiger partial charge in [-0.2, -0.15) is 0 Å². The molecular formula is C16H19ClN2O2. The van der Waals surface area contributed by atoms with E-state index in [-0.39, 0.29) is 0 Å². The molecule has 0 saturated carbocycles. The van der Waals surface area contributed by atoms with E-state index in [0.29, 0.717) is 11.8 Å². The van der Waals surface area contributed by atoms with Gasteiger partial charge < -0.3 is 14.4 Å². The summed E-state index contributed by atoms with van der Waals surface area (Å²) < 4.78 is 10.8. The molecule has 1 aliphatic rings.